The van der Waals surface area contributed by atoms with Crippen molar-refractivity contribution in [3.05, 3.63) is 34.9 Å². The number of halogens is 1. The molecule has 4 heteroatoms. The zero-order valence-electron chi connectivity index (χ0n) is 10.7. The van der Waals surface area contributed by atoms with E-state index < -0.39 is 0 Å². The van der Waals surface area contributed by atoms with Crippen molar-refractivity contribution in [1.82, 2.24) is 5.32 Å². The minimum atomic E-state index is -0.210. The Hall–Kier alpha value is -0.900. The first-order chi connectivity index (χ1) is 7.29. The van der Waals surface area contributed by atoms with Crippen molar-refractivity contribution in [3.63, 3.8) is 0 Å². The molecule has 0 spiro atoms. The molecule has 0 aliphatic carbocycles. The molecule has 1 unspecified atom stereocenters. The molecule has 0 fully saturated rings. The number of carbonyl (C=O) groups excluding carboxylic acids is 1. The van der Waals surface area contributed by atoms with E-state index in [4.69, 9.17) is 11.6 Å². The first-order valence-corrected chi connectivity index (χ1v) is 5.75. The third-order valence-corrected chi connectivity index (χ3v) is 2.39. The van der Waals surface area contributed by atoms with Crippen LogP contribution in [-0.4, -0.2) is 22.8 Å². The molecule has 3 nitrogen and oxygen atoms in total. The van der Waals surface area contributed by atoms with Gasteiger partial charge in [0.25, 0.3) is 0 Å². The van der Waals surface area contributed by atoms with Crippen LogP contribution in [0.4, 0.5) is 0 Å². The fourth-order valence-electron chi connectivity index (χ4n) is 1.61. The van der Waals surface area contributed by atoms with Crippen LogP contribution >= 0.6 is 11.6 Å². The van der Waals surface area contributed by atoms with Gasteiger partial charge in [0.2, 0.25) is 0 Å². The van der Waals surface area contributed by atoms with E-state index in [0.717, 1.165) is 0 Å². The van der Waals surface area contributed by atoms with Crippen LogP contribution in [0.1, 0.15) is 38.1 Å². The van der Waals surface area contributed by atoms with Crippen LogP contribution in [0, 0.1) is 0 Å². The van der Waals surface area contributed by atoms with Gasteiger partial charge in [-0.2, -0.15) is 0 Å². The average molecular weight is 258 g/mol. The van der Waals surface area contributed by atoms with Crippen molar-refractivity contribution in [3.8, 4) is 0 Å². The predicted octanol–water partition coefficient (Wildman–Crippen LogP) is 2.47. The molecule has 1 aromatic carbocycles. The Kier molecular flexibility index (Phi) is 5.82. The smallest absolute Gasteiger partial charge is 0.179 e. The van der Waals surface area contributed by atoms with Crippen LogP contribution in [0.5, 0.6) is 0 Å². The number of nitrogens with one attached hydrogen (secondary N) is 1. The minimum absolute atomic E-state index is 0. The van der Waals surface area contributed by atoms with E-state index >= 15 is 0 Å². The molecule has 0 heterocycles. The summed E-state index contributed by atoms with van der Waals surface area (Å²) in [4.78, 5) is 12.1. The highest BCUT2D eigenvalue weighted by Gasteiger charge is 2.20. The van der Waals surface area contributed by atoms with Crippen LogP contribution in [0.2, 0.25) is 5.02 Å². The highest BCUT2D eigenvalue weighted by Crippen LogP contribution is 2.13. The number of rotatable bonds is 3. The Bertz CT molecular complexity index is 385. The van der Waals surface area contributed by atoms with Gasteiger partial charge in [0, 0.05) is 16.1 Å². The van der Waals surface area contributed by atoms with E-state index in [-0.39, 0.29) is 22.8 Å². The Balaban J connectivity index is 0.00000256. The number of hydrogen-bond acceptors (Lipinski definition) is 2. The number of carbonyl (C=O) groups is 1. The van der Waals surface area contributed by atoms with Gasteiger partial charge < -0.3 is 10.8 Å². The second kappa shape index (κ2) is 6.15. The van der Waals surface area contributed by atoms with Gasteiger partial charge in [0.05, 0.1) is 6.04 Å². The van der Waals surface area contributed by atoms with E-state index in [2.05, 4.69) is 5.32 Å². The molecule has 96 valence electrons. The van der Waals surface area contributed by atoms with E-state index in [1.54, 1.807) is 24.3 Å². The van der Waals surface area contributed by atoms with E-state index in [0.29, 0.717) is 10.6 Å². The van der Waals surface area contributed by atoms with E-state index in [1.807, 2.05) is 27.7 Å². The van der Waals surface area contributed by atoms with Crippen molar-refractivity contribution in [2.45, 2.75) is 39.3 Å². The molecular formula is C13H20ClNO2. The molecule has 0 aliphatic heterocycles. The maximum Gasteiger partial charge on any atom is 0.179 e. The lowest BCUT2D eigenvalue weighted by Crippen LogP contribution is -2.46. The van der Waals surface area contributed by atoms with Crippen LogP contribution in [-0.2, 0) is 0 Å². The summed E-state index contributed by atoms with van der Waals surface area (Å²) >= 11 is 5.85. The normalized spacial score (nSPS) is 12.8. The van der Waals surface area contributed by atoms with Gasteiger partial charge in [-0.15, -0.1) is 0 Å². The van der Waals surface area contributed by atoms with Crippen LogP contribution in [0.15, 0.2) is 24.3 Å². The number of ketones is 1. The SMILES string of the molecule is CC(NC(C)(C)C)C(=O)c1cccc(Cl)c1.O. The first-order valence-electron chi connectivity index (χ1n) is 5.37. The quantitative estimate of drug-likeness (QED) is 0.846. The molecule has 17 heavy (non-hydrogen) atoms. The largest absolute Gasteiger partial charge is 0.412 e. The van der Waals surface area contributed by atoms with Crippen molar-refractivity contribution < 1.29 is 10.3 Å². The standard InChI is InChI=1S/C13H18ClNO.H2O/c1-9(15-13(2,3)4)12(16)10-6-5-7-11(14)8-10;/h5-9,15H,1-4H3;1H2. The van der Waals surface area contributed by atoms with Gasteiger partial charge in [-0.05, 0) is 39.8 Å². The third-order valence-electron chi connectivity index (χ3n) is 2.15. The van der Waals surface area contributed by atoms with Crippen molar-refractivity contribution >= 4 is 17.4 Å². The molecule has 0 radical (unpaired) electrons. The monoisotopic (exact) mass is 257 g/mol. The summed E-state index contributed by atoms with van der Waals surface area (Å²) in [6.07, 6.45) is 0. The molecule has 1 atom stereocenters. The van der Waals surface area contributed by atoms with Gasteiger partial charge in [0.1, 0.15) is 0 Å². The molecule has 1 rings (SSSR count). The summed E-state index contributed by atoms with van der Waals surface area (Å²) in [5.74, 6) is 0.0671. The summed E-state index contributed by atoms with van der Waals surface area (Å²) < 4.78 is 0. The Morgan fingerprint density at radius 2 is 1.94 bits per heavy atom. The second-order valence-corrected chi connectivity index (χ2v) is 5.43. The van der Waals surface area contributed by atoms with Crippen molar-refractivity contribution in [2.75, 3.05) is 0 Å². The summed E-state index contributed by atoms with van der Waals surface area (Å²) in [7, 11) is 0. The summed E-state index contributed by atoms with van der Waals surface area (Å²) in [6.45, 7) is 7.98. The summed E-state index contributed by atoms with van der Waals surface area (Å²) in [6, 6.07) is 6.83. The highest BCUT2D eigenvalue weighted by molar-refractivity contribution is 6.31. The highest BCUT2D eigenvalue weighted by atomic mass is 35.5. The molecular weight excluding hydrogens is 238 g/mol. The zero-order valence-corrected chi connectivity index (χ0v) is 11.4. The van der Waals surface area contributed by atoms with Gasteiger partial charge in [-0.3, -0.25) is 4.79 Å². The number of Topliss-reactive ketones (excluding diaryl/α,β-unsaturated/α-hetero) is 1. The zero-order chi connectivity index (χ0) is 12.3. The third kappa shape index (κ3) is 5.31. The van der Waals surface area contributed by atoms with Crippen molar-refractivity contribution in [1.29, 1.82) is 0 Å². The van der Waals surface area contributed by atoms with E-state index in [1.165, 1.54) is 0 Å². The predicted molar refractivity (Wildman–Crippen MR) is 71.7 cm³/mol. The maximum absolute atomic E-state index is 12.1. The lowest BCUT2D eigenvalue weighted by atomic mass is 10.0. The molecule has 0 saturated carbocycles. The van der Waals surface area contributed by atoms with E-state index in [9.17, 15) is 4.79 Å². The molecule has 0 bridgehead atoms. The lowest BCUT2D eigenvalue weighted by Gasteiger charge is -2.25. The molecule has 0 saturated heterocycles. The summed E-state index contributed by atoms with van der Waals surface area (Å²) in [5, 5.41) is 3.84. The number of benzene rings is 1. The molecule has 3 N–H and O–H groups in total. The van der Waals surface area contributed by atoms with Crippen LogP contribution in [0.25, 0.3) is 0 Å². The molecule has 0 aliphatic rings. The average Bonchev–Trinajstić information content (AvgIpc) is 2.14. The summed E-state index contributed by atoms with van der Waals surface area (Å²) in [5.41, 5.74) is 0.574. The topological polar surface area (TPSA) is 60.6 Å². The van der Waals surface area contributed by atoms with Gasteiger partial charge in [-0.25, -0.2) is 0 Å². The van der Waals surface area contributed by atoms with Crippen LogP contribution < -0.4 is 5.32 Å². The molecule has 1 aromatic rings. The fraction of sp³-hybridized carbons (Fsp3) is 0.462. The Morgan fingerprint density at radius 1 is 1.35 bits per heavy atom. The fourth-order valence-corrected chi connectivity index (χ4v) is 1.80. The second-order valence-electron chi connectivity index (χ2n) is 4.99. The van der Waals surface area contributed by atoms with Crippen molar-refractivity contribution in [2.24, 2.45) is 0 Å². The van der Waals surface area contributed by atoms with Gasteiger partial charge >= 0.3 is 0 Å². The van der Waals surface area contributed by atoms with Gasteiger partial charge in [-0.1, -0.05) is 23.7 Å². The maximum atomic E-state index is 12.1. The first kappa shape index (κ1) is 16.1. The van der Waals surface area contributed by atoms with Gasteiger partial charge in [0.15, 0.2) is 5.78 Å². The Labute approximate surface area is 107 Å². The molecule has 0 aromatic heterocycles. The molecule has 0 amide bonds. The lowest BCUT2D eigenvalue weighted by molar-refractivity contribution is 0.0936. The minimum Gasteiger partial charge on any atom is -0.412 e. The van der Waals surface area contributed by atoms with Crippen LogP contribution in [0.3, 0.4) is 0 Å². The Morgan fingerprint density at radius 3 is 2.41 bits per heavy atom. The number of hydrogen-bond donors (Lipinski definition) is 1.